The first-order valence-electron chi connectivity index (χ1n) is 5.77. The summed E-state index contributed by atoms with van der Waals surface area (Å²) in [4.78, 5) is 23.1. The van der Waals surface area contributed by atoms with Crippen LogP contribution in [0.15, 0.2) is 53.5 Å². The highest BCUT2D eigenvalue weighted by Crippen LogP contribution is 2.17. The second-order valence-corrected chi connectivity index (χ2v) is 4.35. The second kappa shape index (κ2) is 6.20. The van der Waals surface area contributed by atoms with E-state index in [4.69, 9.17) is 16.3 Å². The van der Waals surface area contributed by atoms with Gasteiger partial charge in [0.1, 0.15) is 5.75 Å². The summed E-state index contributed by atoms with van der Waals surface area (Å²) in [6, 6.07) is 11.5. The second-order valence-electron chi connectivity index (χ2n) is 3.91. The molecule has 19 heavy (non-hydrogen) atoms. The lowest BCUT2D eigenvalue weighted by atomic mass is 10.3. The molecule has 0 radical (unpaired) electrons. The summed E-state index contributed by atoms with van der Waals surface area (Å²) in [5.74, 6) is -0.00377. The van der Waals surface area contributed by atoms with Crippen LogP contribution in [0.25, 0.3) is 0 Å². The molecule has 4 nitrogen and oxygen atoms in total. The summed E-state index contributed by atoms with van der Waals surface area (Å²) in [6.07, 6.45) is 1.76. The molecule has 0 aliphatic rings. The third-order valence-electron chi connectivity index (χ3n) is 2.48. The largest absolute Gasteiger partial charge is 0.426 e. The molecular weight excluding hydrogens is 266 g/mol. The number of ether oxygens (including phenoxy) is 1. The van der Waals surface area contributed by atoms with Gasteiger partial charge in [-0.05, 0) is 24.3 Å². The number of hydrogen-bond acceptors (Lipinski definition) is 3. The molecule has 0 N–H and O–H groups in total. The van der Waals surface area contributed by atoms with E-state index < -0.39 is 5.97 Å². The van der Waals surface area contributed by atoms with Crippen LogP contribution in [0, 0.1) is 0 Å². The molecule has 2 aromatic rings. The standard InChI is InChI=1S/C14H12ClNO3/c15-11-4-3-5-12(10-11)19-14(18)7-9-16-8-2-1-6-13(16)17/h1-6,8,10H,7,9H2. The molecule has 0 unspecified atom stereocenters. The molecule has 5 heteroatoms. The van der Waals surface area contributed by atoms with Crippen molar-refractivity contribution in [1.82, 2.24) is 4.57 Å². The molecule has 2 rings (SSSR count). The minimum atomic E-state index is -0.405. The maximum atomic E-state index is 11.6. The molecular formula is C14H12ClNO3. The zero-order valence-electron chi connectivity index (χ0n) is 10.1. The van der Waals surface area contributed by atoms with Gasteiger partial charge in [-0.3, -0.25) is 9.59 Å². The van der Waals surface area contributed by atoms with Crippen LogP contribution in [0.5, 0.6) is 5.75 Å². The average Bonchev–Trinajstić information content (AvgIpc) is 2.38. The van der Waals surface area contributed by atoms with E-state index in [1.54, 1.807) is 42.6 Å². The first kappa shape index (κ1) is 13.4. The number of benzene rings is 1. The van der Waals surface area contributed by atoms with E-state index in [9.17, 15) is 9.59 Å². The van der Waals surface area contributed by atoms with Crippen molar-refractivity contribution in [3.05, 3.63) is 64.0 Å². The van der Waals surface area contributed by atoms with Gasteiger partial charge < -0.3 is 9.30 Å². The molecule has 0 saturated carbocycles. The van der Waals surface area contributed by atoms with E-state index in [1.165, 1.54) is 10.6 Å². The predicted octanol–water partition coefficient (Wildman–Crippen LogP) is 2.50. The Morgan fingerprint density at radius 1 is 1.21 bits per heavy atom. The number of halogens is 1. The van der Waals surface area contributed by atoms with Gasteiger partial charge in [0, 0.05) is 23.8 Å². The van der Waals surface area contributed by atoms with Gasteiger partial charge in [-0.1, -0.05) is 23.7 Å². The number of hydrogen-bond donors (Lipinski definition) is 0. The average molecular weight is 278 g/mol. The van der Waals surface area contributed by atoms with E-state index in [1.807, 2.05) is 0 Å². The van der Waals surface area contributed by atoms with E-state index in [-0.39, 0.29) is 12.0 Å². The third kappa shape index (κ3) is 3.96. The van der Waals surface area contributed by atoms with Crippen molar-refractivity contribution in [3.63, 3.8) is 0 Å². The summed E-state index contributed by atoms with van der Waals surface area (Å²) >= 11 is 5.79. The lowest BCUT2D eigenvalue weighted by Crippen LogP contribution is -2.20. The lowest BCUT2D eigenvalue weighted by Gasteiger charge is -2.06. The number of aromatic nitrogens is 1. The van der Waals surface area contributed by atoms with Crippen LogP contribution in [0.2, 0.25) is 5.02 Å². The number of nitrogens with zero attached hydrogens (tertiary/aromatic N) is 1. The fourth-order valence-corrected chi connectivity index (χ4v) is 1.75. The Morgan fingerprint density at radius 2 is 2.05 bits per heavy atom. The van der Waals surface area contributed by atoms with Crippen LogP contribution in [-0.2, 0) is 11.3 Å². The molecule has 0 saturated heterocycles. The van der Waals surface area contributed by atoms with Gasteiger partial charge in [0.25, 0.3) is 5.56 Å². The van der Waals surface area contributed by atoms with Gasteiger partial charge in [-0.15, -0.1) is 0 Å². The zero-order chi connectivity index (χ0) is 13.7. The molecule has 0 bridgehead atoms. The summed E-state index contributed by atoms with van der Waals surface area (Å²) < 4.78 is 6.58. The first-order chi connectivity index (χ1) is 9.15. The van der Waals surface area contributed by atoms with Crippen LogP contribution < -0.4 is 10.3 Å². The summed E-state index contributed by atoms with van der Waals surface area (Å²) in [5.41, 5.74) is -0.141. The quantitative estimate of drug-likeness (QED) is 0.637. The molecule has 0 amide bonds. The first-order valence-corrected chi connectivity index (χ1v) is 6.15. The van der Waals surface area contributed by atoms with Gasteiger partial charge in [0.05, 0.1) is 6.42 Å². The number of aryl methyl sites for hydroxylation is 1. The molecule has 0 aliphatic carbocycles. The SMILES string of the molecule is O=C(CCn1ccccc1=O)Oc1cccc(Cl)c1. The molecule has 0 fully saturated rings. The minimum absolute atomic E-state index is 0.121. The minimum Gasteiger partial charge on any atom is -0.426 e. The topological polar surface area (TPSA) is 48.3 Å². The number of carbonyl (C=O) groups is 1. The van der Waals surface area contributed by atoms with Gasteiger partial charge in [0.2, 0.25) is 0 Å². The highest BCUT2D eigenvalue weighted by molar-refractivity contribution is 6.30. The van der Waals surface area contributed by atoms with E-state index in [0.717, 1.165) is 0 Å². The number of pyridine rings is 1. The Labute approximate surface area is 115 Å². The third-order valence-corrected chi connectivity index (χ3v) is 2.72. The number of esters is 1. The van der Waals surface area contributed by atoms with Crippen LogP contribution in [0.4, 0.5) is 0 Å². The Hall–Kier alpha value is -2.07. The Bertz CT molecular complexity index is 636. The van der Waals surface area contributed by atoms with Gasteiger partial charge in [-0.25, -0.2) is 0 Å². The van der Waals surface area contributed by atoms with Crippen molar-refractivity contribution in [2.24, 2.45) is 0 Å². The highest BCUT2D eigenvalue weighted by atomic mass is 35.5. The van der Waals surface area contributed by atoms with Crippen LogP contribution in [-0.4, -0.2) is 10.5 Å². The smallest absolute Gasteiger partial charge is 0.312 e. The summed E-state index contributed by atoms with van der Waals surface area (Å²) in [5, 5.41) is 0.504. The van der Waals surface area contributed by atoms with Crippen LogP contribution >= 0.6 is 11.6 Å². The Kier molecular flexibility index (Phi) is 4.36. The van der Waals surface area contributed by atoms with Crippen molar-refractivity contribution in [2.75, 3.05) is 0 Å². The van der Waals surface area contributed by atoms with Crippen molar-refractivity contribution < 1.29 is 9.53 Å². The van der Waals surface area contributed by atoms with Gasteiger partial charge >= 0.3 is 5.97 Å². The number of carbonyl (C=O) groups excluding carboxylic acids is 1. The fourth-order valence-electron chi connectivity index (χ4n) is 1.57. The fraction of sp³-hybridized carbons (Fsp3) is 0.143. The number of rotatable bonds is 4. The van der Waals surface area contributed by atoms with Crippen LogP contribution in [0.3, 0.4) is 0 Å². The van der Waals surface area contributed by atoms with Crippen molar-refractivity contribution in [3.8, 4) is 5.75 Å². The zero-order valence-corrected chi connectivity index (χ0v) is 10.8. The van der Waals surface area contributed by atoms with Crippen molar-refractivity contribution in [2.45, 2.75) is 13.0 Å². The maximum Gasteiger partial charge on any atom is 0.312 e. The van der Waals surface area contributed by atoms with Gasteiger partial charge in [0.15, 0.2) is 0 Å². The highest BCUT2D eigenvalue weighted by Gasteiger charge is 2.06. The monoisotopic (exact) mass is 277 g/mol. The summed E-state index contributed by atoms with van der Waals surface area (Å²) in [7, 11) is 0. The molecule has 0 spiro atoms. The van der Waals surface area contributed by atoms with E-state index in [2.05, 4.69) is 0 Å². The van der Waals surface area contributed by atoms with Gasteiger partial charge in [-0.2, -0.15) is 0 Å². The molecule has 1 heterocycles. The van der Waals surface area contributed by atoms with Crippen molar-refractivity contribution in [1.29, 1.82) is 0 Å². The molecule has 1 aromatic carbocycles. The molecule has 98 valence electrons. The van der Waals surface area contributed by atoms with Crippen LogP contribution in [0.1, 0.15) is 6.42 Å². The molecule has 0 aliphatic heterocycles. The van der Waals surface area contributed by atoms with Crippen molar-refractivity contribution >= 4 is 17.6 Å². The maximum absolute atomic E-state index is 11.6. The summed E-state index contributed by atoms with van der Waals surface area (Å²) in [6.45, 7) is 0.291. The predicted molar refractivity (Wildman–Crippen MR) is 72.4 cm³/mol. The molecule has 1 aromatic heterocycles. The molecule has 0 atom stereocenters. The lowest BCUT2D eigenvalue weighted by molar-refractivity contribution is -0.134. The Morgan fingerprint density at radius 3 is 2.79 bits per heavy atom. The Balaban J connectivity index is 1.92. The van der Waals surface area contributed by atoms with E-state index >= 15 is 0 Å². The van der Waals surface area contributed by atoms with E-state index in [0.29, 0.717) is 17.3 Å². The normalized spacial score (nSPS) is 10.2.